The summed E-state index contributed by atoms with van der Waals surface area (Å²) in [6, 6.07) is 8.55. The number of methoxy groups -OCH3 is 1. The molecule has 0 aromatic heterocycles. The molecule has 1 aliphatic rings. The van der Waals surface area contributed by atoms with Gasteiger partial charge in [-0.2, -0.15) is 5.26 Å². The lowest BCUT2D eigenvalue weighted by Gasteiger charge is -2.29. The van der Waals surface area contributed by atoms with Crippen molar-refractivity contribution in [1.29, 1.82) is 5.26 Å². The molecule has 102 valence electrons. The Morgan fingerprint density at radius 3 is 2.84 bits per heavy atom. The molecule has 1 saturated carbocycles. The molecule has 3 nitrogen and oxygen atoms in total. The van der Waals surface area contributed by atoms with Crippen molar-refractivity contribution < 1.29 is 4.74 Å². The van der Waals surface area contributed by atoms with Crippen LogP contribution in [0, 0.1) is 17.2 Å². The van der Waals surface area contributed by atoms with E-state index >= 15 is 0 Å². The standard InChI is InChI=1S/C16H22N2O/c1-12-5-3-4-6-15(12)18-11-13-7-8-14(10-17)16(9-13)19-2/h7-9,12,15,18H,3-6,11H2,1-2H3. The van der Waals surface area contributed by atoms with Gasteiger partial charge in [-0.25, -0.2) is 0 Å². The highest BCUT2D eigenvalue weighted by atomic mass is 16.5. The third-order valence-electron chi connectivity index (χ3n) is 4.07. The Hall–Kier alpha value is -1.53. The van der Waals surface area contributed by atoms with Crippen LogP contribution in [-0.4, -0.2) is 13.2 Å². The van der Waals surface area contributed by atoms with E-state index in [4.69, 9.17) is 10.00 Å². The van der Waals surface area contributed by atoms with Crippen molar-refractivity contribution in [2.45, 2.75) is 45.2 Å². The molecule has 0 spiro atoms. The maximum Gasteiger partial charge on any atom is 0.136 e. The molecule has 0 radical (unpaired) electrons. The van der Waals surface area contributed by atoms with Gasteiger partial charge in [0.05, 0.1) is 12.7 Å². The van der Waals surface area contributed by atoms with Crippen LogP contribution >= 0.6 is 0 Å². The predicted octanol–water partition coefficient (Wildman–Crippen LogP) is 3.24. The fourth-order valence-electron chi connectivity index (χ4n) is 2.81. The SMILES string of the molecule is COc1cc(CNC2CCCCC2C)ccc1C#N. The van der Waals surface area contributed by atoms with Gasteiger partial charge in [-0.15, -0.1) is 0 Å². The number of nitrogens with zero attached hydrogens (tertiary/aromatic N) is 1. The van der Waals surface area contributed by atoms with Crippen LogP contribution in [0.25, 0.3) is 0 Å². The van der Waals surface area contributed by atoms with Gasteiger partial charge in [-0.05, 0) is 36.5 Å². The van der Waals surface area contributed by atoms with Gasteiger partial charge in [-0.3, -0.25) is 0 Å². The lowest BCUT2D eigenvalue weighted by atomic mass is 9.86. The molecule has 1 aromatic rings. The van der Waals surface area contributed by atoms with Crippen molar-refractivity contribution >= 4 is 0 Å². The molecule has 1 N–H and O–H groups in total. The molecule has 2 rings (SSSR count). The summed E-state index contributed by atoms with van der Waals surface area (Å²) in [5, 5.41) is 12.6. The lowest BCUT2D eigenvalue weighted by molar-refractivity contribution is 0.279. The zero-order valence-corrected chi connectivity index (χ0v) is 11.8. The van der Waals surface area contributed by atoms with Crippen molar-refractivity contribution in [3.05, 3.63) is 29.3 Å². The van der Waals surface area contributed by atoms with Gasteiger partial charge in [0.1, 0.15) is 11.8 Å². The predicted molar refractivity (Wildman–Crippen MR) is 76.0 cm³/mol. The molecule has 0 amide bonds. The number of hydrogen-bond acceptors (Lipinski definition) is 3. The van der Waals surface area contributed by atoms with Crippen molar-refractivity contribution in [1.82, 2.24) is 5.32 Å². The van der Waals surface area contributed by atoms with E-state index in [1.165, 1.54) is 31.2 Å². The van der Waals surface area contributed by atoms with E-state index in [1.807, 2.05) is 18.2 Å². The second kappa shape index (κ2) is 6.58. The van der Waals surface area contributed by atoms with Crippen molar-refractivity contribution in [3.63, 3.8) is 0 Å². The normalized spacial score (nSPS) is 22.8. The van der Waals surface area contributed by atoms with Crippen molar-refractivity contribution in [2.24, 2.45) is 5.92 Å². The van der Waals surface area contributed by atoms with Gasteiger partial charge in [0, 0.05) is 12.6 Å². The quantitative estimate of drug-likeness (QED) is 0.901. The summed E-state index contributed by atoms with van der Waals surface area (Å²) in [5.41, 5.74) is 1.77. The average molecular weight is 258 g/mol. The van der Waals surface area contributed by atoms with Crippen molar-refractivity contribution in [3.8, 4) is 11.8 Å². The molecular formula is C16H22N2O. The molecule has 0 aliphatic heterocycles. The summed E-state index contributed by atoms with van der Waals surface area (Å²) in [5.74, 6) is 1.42. The lowest BCUT2D eigenvalue weighted by Crippen LogP contribution is -2.36. The van der Waals surface area contributed by atoms with E-state index in [0.717, 1.165) is 12.5 Å². The first kappa shape index (κ1) is 13.9. The first-order valence-electron chi connectivity index (χ1n) is 7.05. The second-order valence-corrected chi connectivity index (χ2v) is 5.40. The highest BCUT2D eigenvalue weighted by molar-refractivity contribution is 5.45. The minimum Gasteiger partial charge on any atom is -0.495 e. The molecule has 3 heteroatoms. The van der Waals surface area contributed by atoms with E-state index < -0.39 is 0 Å². The largest absolute Gasteiger partial charge is 0.495 e. The maximum absolute atomic E-state index is 8.96. The zero-order valence-electron chi connectivity index (χ0n) is 11.8. The highest BCUT2D eigenvalue weighted by Gasteiger charge is 2.20. The van der Waals surface area contributed by atoms with Gasteiger partial charge >= 0.3 is 0 Å². The van der Waals surface area contributed by atoms with E-state index in [9.17, 15) is 0 Å². The molecule has 0 bridgehead atoms. The molecule has 2 atom stereocenters. The summed E-state index contributed by atoms with van der Waals surface area (Å²) in [7, 11) is 1.61. The van der Waals surface area contributed by atoms with Crippen LogP contribution in [-0.2, 0) is 6.54 Å². The van der Waals surface area contributed by atoms with Crippen LogP contribution in [0.15, 0.2) is 18.2 Å². The van der Waals surface area contributed by atoms with Crippen LogP contribution in [0.4, 0.5) is 0 Å². The fraction of sp³-hybridized carbons (Fsp3) is 0.562. The Labute approximate surface area is 115 Å². The first-order chi connectivity index (χ1) is 9.24. The third kappa shape index (κ3) is 3.48. The Morgan fingerprint density at radius 1 is 1.37 bits per heavy atom. The van der Waals surface area contributed by atoms with Crippen LogP contribution in [0.5, 0.6) is 5.75 Å². The average Bonchev–Trinajstić information content (AvgIpc) is 2.46. The maximum atomic E-state index is 8.96. The molecule has 0 saturated heterocycles. The first-order valence-corrected chi connectivity index (χ1v) is 7.05. The van der Waals surface area contributed by atoms with Gasteiger partial charge in [0.15, 0.2) is 0 Å². The zero-order chi connectivity index (χ0) is 13.7. The Balaban J connectivity index is 1.97. The van der Waals surface area contributed by atoms with Crippen LogP contribution in [0.3, 0.4) is 0 Å². The number of rotatable bonds is 4. The van der Waals surface area contributed by atoms with Gasteiger partial charge < -0.3 is 10.1 Å². The van der Waals surface area contributed by atoms with Crippen LogP contribution < -0.4 is 10.1 Å². The number of nitriles is 1. The summed E-state index contributed by atoms with van der Waals surface area (Å²) in [4.78, 5) is 0. The van der Waals surface area contributed by atoms with Crippen LogP contribution in [0.1, 0.15) is 43.7 Å². The molecule has 0 heterocycles. The van der Waals surface area contributed by atoms with Gasteiger partial charge in [-0.1, -0.05) is 25.8 Å². The van der Waals surface area contributed by atoms with Crippen molar-refractivity contribution in [2.75, 3.05) is 7.11 Å². The van der Waals surface area contributed by atoms with E-state index in [-0.39, 0.29) is 0 Å². The van der Waals surface area contributed by atoms with E-state index in [1.54, 1.807) is 7.11 Å². The summed E-state index contributed by atoms with van der Waals surface area (Å²) >= 11 is 0. The Kier molecular flexibility index (Phi) is 4.81. The molecule has 1 aromatic carbocycles. The number of nitrogens with one attached hydrogen (secondary N) is 1. The van der Waals surface area contributed by atoms with Crippen LogP contribution in [0.2, 0.25) is 0 Å². The van der Waals surface area contributed by atoms with E-state index in [2.05, 4.69) is 18.3 Å². The fourth-order valence-corrected chi connectivity index (χ4v) is 2.81. The third-order valence-corrected chi connectivity index (χ3v) is 4.07. The Bertz CT molecular complexity index is 464. The topological polar surface area (TPSA) is 45.0 Å². The summed E-state index contributed by atoms with van der Waals surface area (Å²) < 4.78 is 5.24. The number of benzene rings is 1. The molecular weight excluding hydrogens is 236 g/mol. The highest BCUT2D eigenvalue weighted by Crippen LogP contribution is 2.24. The summed E-state index contributed by atoms with van der Waals surface area (Å²) in [6.45, 7) is 3.17. The molecule has 2 unspecified atom stereocenters. The number of ether oxygens (including phenoxy) is 1. The molecule has 1 fully saturated rings. The monoisotopic (exact) mass is 258 g/mol. The van der Waals surface area contributed by atoms with Gasteiger partial charge in [0.25, 0.3) is 0 Å². The minimum absolute atomic E-state index is 0.595. The summed E-state index contributed by atoms with van der Waals surface area (Å²) in [6.07, 6.45) is 5.30. The second-order valence-electron chi connectivity index (χ2n) is 5.40. The molecule has 1 aliphatic carbocycles. The van der Waals surface area contributed by atoms with E-state index in [0.29, 0.717) is 17.4 Å². The smallest absolute Gasteiger partial charge is 0.136 e. The van der Waals surface area contributed by atoms with Gasteiger partial charge in [0.2, 0.25) is 0 Å². The number of hydrogen-bond donors (Lipinski definition) is 1. The molecule has 19 heavy (non-hydrogen) atoms. The Morgan fingerprint density at radius 2 is 2.16 bits per heavy atom. The minimum atomic E-state index is 0.595.